The maximum atomic E-state index is 13.1. The lowest BCUT2D eigenvalue weighted by Crippen LogP contribution is -2.50. The lowest BCUT2D eigenvalue weighted by molar-refractivity contribution is -0.162. The molecule has 2 bridgehead atoms. The third-order valence-corrected chi connectivity index (χ3v) is 7.22. The smallest absolute Gasteiger partial charge is 0.330 e. The van der Waals surface area contributed by atoms with E-state index < -0.39 is 24.5 Å². The number of benzene rings is 1. The number of hydrogen-bond acceptors (Lipinski definition) is 5. The van der Waals surface area contributed by atoms with Crippen LogP contribution in [0.5, 0.6) is 0 Å². The number of fused-ring (bicyclic) bond motifs is 5. The third-order valence-electron chi connectivity index (χ3n) is 6.72. The first-order valence-electron chi connectivity index (χ1n) is 11.0. The number of hydrogen-bond donors (Lipinski definition) is 1. The fourth-order valence-electron chi connectivity index (χ4n) is 5.26. The Morgan fingerprint density at radius 1 is 1.16 bits per heavy atom. The van der Waals surface area contributed by atoms with Gasteiger partial charge in [0.2, 0.25) is 11.8 Å². The number of ether oxygens (including phenoxy) is 1. The van der Waals surface area contributed by atoms with Gasteiger partial charge in [0.25, 0.3) is 5.91 Å². The van der Waals surface area contributed by atoms with E-state index in [0.29, 0.717) is 5.69 Å². The number of nitrogens with one attached hydrogen (secondary N) is 1. The molecular formula is C24H27BrN2O5. The fourth-order valence-corrected chi connectivity index (χ4v) is 5.67. The Balaban J connectivity index is 1.42. The second kappa shape index (κ2) is 8.81. The summed E-state index contributed by atoms with van der Waals surface area (Å²) in [5.74, 6) is -2.74. The molecule has 2 aliphatic carbocycles. The number of imide groups is 1. The van der Waals surface area contributed by atoms with Gasteiger partial charge in [0.05, 0.1) is 11.8 Å². The number of aryl methyl sites for hydroxylation is 1. The van der Waals surface area contributed by atoms with Crippen molar-refractivity contribution < 1.29 is 23.9 Å². The molecule has 1 aliphatic heterocycles. The van der Waals surface area contributed by atoms with E-state index in [1.165, 1.54) is 0 Å². The van der Waals surface area contributed by atoms with E-state index >= 15 is 0 Å². The molecule has 4 rings (SSSR count). The van der Waals surface area contributed by atoms with Crippen LogP contribution in [0.15, 0.2) is 34.8 Å². The molecule has 170 valence electrons. The van der Waals surface area contributed by atoms with E-state index in [1.54, 1.807) is 19.9 Å². The predicted molar refractivity (Wildman–Crippen MR) is 121 cm³/mol. The Morgan fingerprint density at radius 2 is 1.78 bits per heavy atom. The van der Waals surface area contributed by atoms with E-state index in [4.69, 9.17) is 4.74 Å². The lowest BCUT2D eigenvalue weighted by atomic mass is 9.85. The maximum absolute atomic E-state index is 13.1. The van der Waals surface area contributed by atoms with E-state index in [2.05, 4.69) is 21.2 Å². The summed E-state index contributed by atoms with van der Waals surface area (Å²) in [6.45, 7) is 5.02. The topological polar surface area (TPSA) is 92.8 Å². The van der Waals surface area contributed by atoms with Gasteiger partial charge in [0, 0.05) is 10.2 Å². The number of allylic oxidation sites excluding steroid dienone is 2. The Labute approximate surface area is 195 Å². The summed E-state index contributed by atoms with van der Waals surface area (Å²) in [6.07, 6.45) is 5.58. The minimum atomic E-state index is -1.04. The molecule has 8 heteroatoms. The van der Waals surface area contributed by atoms with Crippen molar-refractivity contribution in [1.29, 1.82) is 0 Å². The highest BCUT2D eigenvalue weighted by Crippen LogP contribution is 2.53. The van der Waals surface area contributed by atoms with Crippen LogP contribution in [0.3, 0.4) is 0 Å². The molecule has 7 nitrogen and oxygen atoms in total. The molecule has 1 aromatic rings. The monoisotopic (exact) mass is 502 g/mol. The van der Waals surface area contributed by atoms with Gasteiger partial charge in [-0.3, -0.25) is 19.3 Å². The summed E-state index contributed by atoms with van der Waals surface area (Å²) in [5.41, 5.74) is 1.60. The first-order valence-corrected chi connectivity index (χ1v) is 11.8. The third kappa shape index (κ3) is 3.89. The van der Waals surface area contributed by atoms with Crippen LogP contribution in [0.2, 0.25) is 0 Å². The van der Waals surface area contributed by atoms with Crippen molar-refractivity contribution in [2.24, 2.45) is 29.6 Å². The summed E-state index contributed by atoms with van der Waals surface area (Å²) in [5, 5.41) is 2.76. The summed E-state index contributed by atoms with van der Waals surface area (Å²) < 4.78 is 6.18. The zero-order chi connectivity index (χ0) is 23.2. The van der Waals surface area contributed by atoms with Crippen molar-refractivity contribution in [3.8, 4) is 0 Å². The van der Waals surface area contributed by atoms with Gasteiger partial charge in [-0.05, 0) is 54.4 Å². The largest absolute Gasteiger partial charge is 0.454 e. The molecule has 32 heavy (non-hydrogen) atoms. The second-order valence-corrected chi connectivity index (χ2v) is 9.96. The molecular weight excluding hydrogens is 476 g/mol. The summed E-state index contributed by atoms with van der Waals surface area (Å²) in [4.78, 5) is 52.6. The summed E-state index contributed by atoms with van der Waals surface area (Å²) in [6, 6.07) is 4.48. The van der Waals surface area contributed by atoms with Crippen LogP contribution < -0.4 is 5.32 Å². The molecule has 5 atom stereocenters. The standard InChI is InChI=1S/C24H27BrN2O5/c1-4-13-10-16(25)7-8-17(13)26-18(28)11-32-24(31)21(12(2)3)27-22(29)19-14-5-6-15(9-14)20(19)23(27)30/h5-8,10,12,14-15,19-21H,4,9,11H2,1-3H3,(H,26,28)/t14-,15-,19-,20+,21-/m0/s1. The number of likely N-dealkylation sites (tertiary alicyclic amines) is 1. The van der Waals surface area contributed by atoms with Gasteiger partial charge in [-0.15, -0.1) is 0 Å². The van der Waals surface area contributed by atoms with Crippen molar-refractivity contribution in [1.82, 2.24) is 4.90 Å². The fraction of sp³-hybridized carbons (Fsp3) is 0.500. The van der Waals surface area contributed by atoms with Crippen LogP contribution in [-0.4, -0.2) is 41.2 Å². The molecule has 1 N–H and O–H groups in total. The predicted octanol–water partition coefficient (Wildman–Crippen LogP) is 3.32. The number of halogens is 1. The lowest BCUT2D eigenvalue weighted by Gasteiger charge is -2.28. The maximum Gasteiger partial charge on any atom is 0.330 e. The van der Waals surface area contributed by atoms with Crippen LogP contribution >= 0.6 is 15.9 Å². The number of amides is 3. The van der Waals surface area contributed by atoms with E-state index in [1.807, 2.05) is 31.2 Å². The minimum Gasteiger partial charge on any atom is -0.454 e. The molecule has 1 aromatic carbocycles. The number of nitrogens with zero attached hydrogens (tertiary/aromatic N) is 1. The number of anilines is 1. The van der Waals surface area contributed by atoms with E-state index in [-0.39, 0.29) is 41.4 Å². The highest BCUT2D eigenvalue weighted by Gasteiger charge is 2.61. The van der Waals surface area contributed by atoms with Gasteiger partial charge in [0.1, 0.15) is 6.04 Å². The Morgan fingerprint density at radius 3 is 2.34 bits per heavy atom. The van der Waals surface area contributed by atoms with Crippen molar-refractivity contribution in [2.45, 2.75) is 39.7 Å². The molecule has 1 saturated carbocycles. The minimum absolute atomic E-state index is 0.0692. The van der Waals surface area contributed by atoms with Crippen LogP contribution in [0.1, 0.15) is 32.8 Å². The molecule has 0 spiro atoms. The number of carbonyl (C=O) groups excluding carboxylic acids is 4. The van der Waals surface area contributed by atoms with Gasteiger partial charge in [-0.2, -0.15) is 0 Å². The second-order valence-electron chi connectivity index (χ2n) is 9.05. The van der Waals surface area contributed by atoms with Crippen LogP contribution in [0, 0.1) is 29.6 Å². The van der Waals surface area contributed by atoms with Crippen LogP contribution in [0.25, 0.3) is 0 Å². The van der Waals surface area contributed by atoms with Gasteiger partial charge in [-0.25, -0.2) is 4.79 Å². The SMILES string of the molecule is CCc1cc(Br)ccc1NC(=O)COC(=O)[C@H](C(C)C)N1C(=O)[C@@H]2[C@H](C1=O)[C@H]1C=C[C@H]2C1. The quantitative estimate of drug-likeness (QED) is 0.350. The number of esters is 1. The van der Waals surface area contributed by atoms with E-state index in [9.17, 15) is 19.2 Å². The number of rotatable bonds is 7. The number of carbonyl (C=O) groups is 4. The molecule has 0 aromatic heterocycles. The first kappa shape index (κ1) is 22.7. The highest BCUT2D eigenvalue weighted by atomic mass is 79.9. The van der Waals surface area contributed by atoms with Gasteiger partial charge < -0.3 is 10.1 Å². The van der Waals surface area contributed by atoms with Gasteiger partial charge in [0.15, 0.2) is 6.61 Å². The molecule has 0 radical (unpaired) electrons. The van der Waals surface area contributed by atoms with Gasteiger partial charge in [-0.1, -0.05) is 48.9 Å². The molecule has 3 amide bonds. The molecule has 0 unspecified atom stereocenters. The average Bonchev–Trinajstić information content (AvgIpc) is 3.43. The van der Waals surface area contributed by atoms with E-state index in [0.717, 1.165) is 27.8 Å². The normalized spacial score (nSPS) is 26.6. The van der Waals surface area contributed by atoms with Crippen molar-refractivity contribution >= 4 is 45.3 Å². The van der Waals surface area contributed by atoms with Crippen molar-refractivity contribution in [3.05, 3.63) is 40.4 Å². The Hall–Kier alpha value is -2.48. The zero-order valence-electron chi connectivity index (χ0n) is 18.3. The Kier molecular flexibility index (Phi) is 6.25. The summed E-state index contributed by atoms with van der Waals surface area (Å²) in [7, 11) is 0. The summed E-state index contributed by atoms with van der Waals surface area (Å²) >= 11 is 3.41. The highest BCUT2D eigenvalue weighted by molar-refractivity contribution is 9.10. The van der Waals surface area contributed by atoms with Gasteiger partial charge >= 0.3 is 5.97 Å². The Bertz CT molecular complexity index is 974. The average molecular weight is 503 g/mol. The first-order chi connectivity index (χ1) is 15.2. The van der Waals surface area contributed by atoms with Crippen molar-refractivity contribution in [3.63, 3.8) is 0 Å². The molecule has 3 aliphatic rings. The molecule has 1 saturated heterocycles. The van der Waals surface area contributed by atoms with Crippen molar-refractivity contribution in [2.75, 3.05) is 11.9 Å². The molecule has 1 heterocycles. The zero-order valence-corrected chi connectivity index (χ0v) is 19.9. The molecule has 2 fully saturated rings. The van der Waals surface area contributed by atoms with Crippen LogP contribution in [-0.2, 0) is 30.3 Å². The van der Waals surface area contributed by atoms with Crippen LogP contribution in [0.4, 0.5) is 5.69 Å².